The van der Waals surface area contributed by atoms with E-state index in [9.17, 15) is 13.2 Å². The molecule has 0 atom stereocenters. The smallest absolute Gasteiger partial charge is 0.253 e. The van der Waals surface area contributed by atoms with Gasteiger partial charge in [-0.05, 0) is 55.3 Å². The van der Waals surface area contributed by atoms with Crippen LogP contribution in [0, 0.1) is 0 Å². The molecule has 1 N–H and O–H groups in total. The van der Waals surface area contributed by atoms with Gasteiger partial charge in [0.25, 0.3) is 5.91 Å². The van der Waals surface area contributed by atoms with Gasteiger partial charge in [-0.15, -0.1) is 0 Å². The maximum absolute atomic E-state index is 13.0. The lowest BCUT2D eigenvalue weighted by Gasteiger charge is -2.34. The number of amides is 1. The molecule has 1 aromatic heterocycles. The predicted molar refractivity (Wildman–Crippen MR) is 127 cm³/mol. The fourth-order valence-corrected chi connectivity index (χ4v) is 5.29. The minimum absolute atomic E-state index is 0.0126. The zero-order valence-electron chi connectivity index (χ0n) is 19.4. The second kappa shape index (κ2) is 9.76. The summed E-state index contributed by atoms with van der Waals surface area (Å²) in [5.74, 6) is 1.61. The van der Waals surface area contributed by atoms with E-state index in [-0.39, 0.29) is 16.8 Å². The second-order valence-corrected chi connectivity index (χ2v) is 10.4. The second-order valence-electron chi connectivity index (χ2n) is 8.73. The van der Waals surface area contributed by atoms with Crippen molar-refractivity contribution in [3.05, 3.63) is 60.0 Å². The van der Waals surface area contributed by atoms with Crippen molar-refractivity contribution in [2.75, 3.05) is 33.3 Å². The average Bonchev–Trinajstić information content (AvgIpc) is 3.57. The highest BCUT2D eigenvalue weighted by molar-refractivity contribution is 7.89. The monoisotopic (exact) mass is 497 g/mol. The van der Waals surface area contributed by atoms with E-state index < -0.39 is 10.0 Å². The number of ether oxygens (including phenoxy) is 1. The first-order valence-corrected chi connectivity index (χ1v) is 13.0. The molecule has 1 aliphatic carbocycles. The van der Waals surface area contributed by atoms with E-state index >= 15 is 0 Å². The Bertz CT molecular complexity index is 1300. The number of carbonyl (C=O) groups excluding carboxylic acids is 1. The maximum Gasteiger partial charge on any atom is 0.253 e. The van der Waals surface area contributed by atoms with Crippen LogP contribution in [0.5, 0.6) is 5.75 Å². The van der Waals surface area contributed by atoms with Crippen LogP contribution < -0.4 is 9.46 Å². The fraction of sp³-hybridized carbons (Fsp3) is 0.375. The number of sulfonamides is 1. The van der Waals surface area contributed by atoms with E-state index in [2.05, 4.69) is 19.8 Å². The van der Waals surface area contributed by atoms with E-state index in [1.165, 1.54) is 12.1 Å². The molecule has 2 fully saturated rings. The SMILES string of the molecule is COc1ccc(-c2noc(CN3CCN(C(=O)c4cccc(S(=O)(=O)NC5CC5)c4)CC3)n2)cc1. The number of hydrogen-bond donors (Lipinski definition) is 1. The number of aromatic nitrogens is 2. The first-order valence-electron chi connectivity index (χ1n) is 11.5. The van der Waals surface area contributed by atoms with Crippen LogP contribution in [0.4, 0.5) is 0 Å². The molecule has 3 aromatic rings. The van der Waals surface area contributed by atoms with Gasteiger partial charge < -0.3 is 14.2 Å². The van der Waals surface area contributed by atoms with Gasteiger partial charge in [0, 0.05) is 43.3 Å². The van der Waals surface area contributed by atoms with Crippen LogP contribution in [-0.4, -0.2) is 73.6 Å². The van der Waals surface area contributed by atoms with Crippen LogP contribution in [0.15, 0.2) is 57.9 Å². The number of hydrogen-bond acceptors (Lipinski definition) is 8. The summed E-state index contributed by atoms with van der Waals surface area (Å²) in [4.78, 5) is 21.5. The summed E-state index contributed by atoms with van der Waals surface area (Å²) in [6.45, 7) is 2.83. The Morgan fingerprint density at radius 1 is 1.11 bits per heavy atom. The Hall–Kier alpha value is -3.28. The molecular formula is C24H27N5O5S. The van der Waals surface area contributed by atoms with Crippen molar-refractivity contribution in [3.8, 4) is 17.1 Å². The van der Waals surface area contributed by atoms with Crippen molar-refractivity contribution in [2.24, 2.45) is 0 Å². The number of rotatable bonds is 8. The van der Waals surface area contributed by atoms with Crippen LogP contribution in [0.3, 0.4) is 0 Å². The Morgan fingerprint density at radius 2 is 1.86 bits per heavy atom. The van der Waals surface area contributed by atoms with Gasteiger partial charge in [0.1, 0.15) is 5.75 Å². The molecule has 10 nitrogen and oxygen atoms in total. The van der Waals surface area contributed by atoms with Crippen molar-refractivity contribution >= 4 is 15.9 Å². The Morgan fingerprint density at radius 3 is 2.54 bits per heavy atom. The summed E-state index contributed by atoms with van der Waals surface area (Å²) in [5.41, 5.74) is 1.21. The van der Waals surface area contributed by atoms with Crippen molar-refractivity contribution in [3.63, 3.8) is 0 Å². The summed E-state index contributed by atoms with van der Waals surface area (Å²) in [5, 5.41) is 4.07. The minimum atomic E-state index is -3.61. The Kier molecular flexibility index (Phi) is 6.54. The molecule has 1 aliphatic heterocycles. The molecule has 0 spiro atoms. The fourth-order valence-electron chi connectivity index (χ4n) is 3.94. The third-order valence-corrected chi connectivity index (χ3v) is 7.64. The van der Waals surface area contributed by atoms with E-state index in [4.69, 9.17) is 9.26 Å². The van der Waals surface area contributed by atoms with Gasteiger partial charge in [0.15, 0.2) is 0 Å². The average molecular weight is 498 g/mol. The van der Waals surface area contributed by atoms with Crippen LogP contribution in [0.1, 0.15) is 29.1 Å². The van der Waals surface area contributed by atoms with E-state index in [1.807, 2.05) is 24.3 Å². The van der Waals surface area contributed by atoms with Gasteiger partial charge in [0.2, 0.25) is 21.7 Å². The van der Waals surface area contributed by atoms with E-state index in [0.29, 0.717) is 50.0 Å². The van der Waals surface area contributed by atoms with Crippen molar-refractivity contribution < 1.29 is 22.5 Å². The summed E-state index contributed by atoms with van der Waals surface area (Å²) in [6, 6.07) is 13.7. The number of benzene rings is 2. The maximum atomic E-state index is 13.0. The lowest BCUT2D eigenvalue weighted by Crippen LogP contribution is -2.48. The third-order valence-electron chi connectivity index (χ3n) is 6.13. The highest BCUT2D eigenvalue weighted by Gasteiger charge is 2.29. The molecule has 1 saturated heterocycles. The minimum Gasteiger partial charge on any atom is -0.497 e. The molecule has 5 rings (SSSR count). The summed E-state index contributed by atoms with van der Waals surface area (Å²) < 4.78 is 38.3. The van der Waals surface area contributed by atoms with Gasteiger partial charge >= 0.3 is 0 Å². The summed E-state index contributed by atoms with van der Waals surface area (Å²) in [6.07, 6.45) is 1.71. The highest BCUT2D eigenvalue weighted by atomic mass is 32.2. The number of piperazine rings is 1. The molecule has 1 amide bonds. The van der Waals surface area contributed by atoms with Crippen molar-refractivity contribution in [1.29, 1.82) is 0 Å². The van der Waals surface area contributed by atoms with Gasteiger partial charge in [-0.3, -0.25) is 9.69 Å². The molecule has 184 valence electrons. The van der Waals surface area contributed by atoms with Crippen molar-refractivity contribution in [1.82, 2.24) is 24.7 Å². The zero-order chi connectivity index (χ0) is 24.4. The molecule has 0 radical (unpaired) electrons. The Labute approximate surface area is 203 Å². The third kappa shape index (κ3) is 5.53. The molecule has 2 aliphatic rings. The van der Waals surface area contributed by atoms with Crippen LogP contribution in [0.25, 0.3) is 11.4 Å². The topological polar surface area (TPSA) is 118 Å². The normalized spacial score (nSPS) is 16.9. The molecular weight excluding hydrogens is 470 g/mol. The first-order chi connectivity index (χ1) is 16.9. The van der Waals surface area contributed by atoms with E-state index in [1.54, 1.807) is 24.1 Å². The van der Waals surface area contributed by atoms with E-state index in [0.717, 1.165) is 24.2 Å². The number of nitrogens with one attached hydrogen (secondary N) is 1. The summed E-state index contributed by atoms with van der Waals surface area (Å²) >= 11 is 0. The first kappa shape index (κ1) is 23.5. The van der Waals surface area contributed by atoms with Crippen LogP contribution >= 0.6 is 0 Å². The van der Waals surface area contributed by atoms with Crippen LogP contribution in [0.2, 0.25) is 0 Å². The molecule has 2 heterocycles. The van der Waals surface area contributed by atoms with Gasteiger partial charge in [-0.1, -0.05) is 11.2 Å². The lowest BCUT2D eigenvalue weighted by molar-refractivity contribution is 0.0615. The number of carbonyl (C=O) groups is 1. The molecule has 0 unspecified atom stereocenters. The van der Waals surface area contributed by atoms with Crippen molar-refractivity contribution in [2.45, 2.75) is 30.3 Å². The number of nitrogens with zero attached hydrogens (tertiary/aromatic N) is 4. The molecule has 2 aromatic carbocycles. The summed E-state index contributed by atoms with van der Waals surface area (Å²) in [7, 11) is -1.99. The van der Waals surface area contributed by atoms with Gasteiger partial charge in [-0.2, -0.15) is 4.98 Å². The van der Waals surface area contributed by atoms with Crippen LogP contribution in [-0.2, 0) is 16.6 Å². The zero-order valence-corrected chi connectivity index (χ0v) is 20.2. The standard InChI is InChI=1S/C24H27N5O5S/c1-33-20-9-5-17(6-10-20)23-25-22(34-26-23)16-28-11-13-29(14-12-28)24(30)18-3-2-4-21(15-18)35(31,32)27-19-7-8-19/h2-6,9-10,15,19,27H,7-8,11-14,16H2,1H3. The Balaban J connectivity index is 1.17. The molecule has 11 heteroatoms. The molecule has 1 saturated carbocycles. The molecule has 0 bridgehead atoms. The quantitative estimate of drug-likeness (QED) is 0.503. The predicted octanol–water partition coefficient (Wildman–Crippen LogP) is 2.14. The van der Waals surface area contributed by atoms with Gasteiger partial charge in [-0.25, -0.2) is 13.1 Å². The largest absolute Gasteiger partial charge is 0.497 e. The van der Waals surface area contributed by atoms with Gasteiger partial charge in [0.05, 0.1) is 18.6 Å². The number of methoxy groups -OCH3 is 1. The lowest BCUT2D eigenvalue weighted by atomic mass is 10.2. The highest BCUT2D eigenvalue weighted by Crippen LogP contribution is 2.23. The molecule has 35 heavy (non-hydrogen) atoms.